The van der Waals surface area contributed by atoms with Crippen LogP contribution < -0.4 is 20.5 Å². The summed E-state index contributed by atoms with van der Waals surface area (Å²) >= 11 is 0. The van der Waals surface area contributed by atoms with Gasteiger partial charge in [0.2, 0.25) is 0 Å². The van der Waals surface area contributed by atoms with E-state index < -0.39 is 0 Å². The maximum Gasteiger partial charge on any atom is 0.290 e. The molecule has 1 aliphatic heterocycles. The van der Waals surface area contributed by atoms with Crippen LogP contribution in [-0.2, 0) is 6.54 Å². The fourth-order valence-electron chi connectivity index (χ4n) is 4.74. The van der Waals surface area contributed by atoms with Crippen LogP contribution in [-0.4, -0.2) is 65.1 Å². The third-order valence-corrected chi connectivity index (χ3v) is 6.56. The van der Waals surface area contributed by atoms with Gasteiger partial charge in [-0.1, -0.05) is 0 Å². The summed E-state index contributed by atoms with van der Waals surface area (Å²) in [5.41, 5.74) is 3.76. The first-order valence-electron chi connectivity index (χ1n) is 10.8. The number of nitrogens with one attached hydrogen (secondary N) is 2. The Kier molecular flexibility index (Phi) is 5.26. The van der Waals surface area contributed by atoms with Crippen LogP contribution >= 0.6 is 0 Å². The van der Waals surface area contributed by atoms with Crippen molar-refractivity contribution in [2.75, 3.05) is 32.1 Å². The summed E-state index contributed by atoms with van der Waals surface area (Å²) in [5, 5.41) is 2.60. The van der Waals surface area contributed by atoms with E-state index in [1.54, 1.807) is 25.4 Å². The van der Waals surface area contributed by atoms with Crippen molar-refractivity contribution in [3.8, 4) is 5.75 Å². The fraction of sp³-hybridized carbons (Fsp3) is 0.391. The van der Waals surface area contributed by atoms with Gasteiger partial charge in [-0.15, -0.1) is 0 Å². The van der Waals surface area contributed by atoms with Crippen LogP contribution in [0.15, 0.2) is 41.5 Å². The number of fused-ring (bicyclic) bond motifs is 2. The lowest BCUT2D eigenvalue weighted by atomic mass is 9.81. The number of ether oxygens (including phenoxy) is 1. The van der Waals surface area contributed by atoms with Crippen LogP contribution in [0.25, 0.3) is 11.0 Å². The number of methoxy groups -OCH3 is 1. The molecule has 166 valence electrons. The number of pyridine rings is 3. The largest absolute Gasteiger partial charge is 0.491 e. The van der Waals surface area contributed by atoms with Crippen LogP contribution in [0.3, 0.4) is 0 Å². The van der Waals surface area contributed by atoms with E-state index >= 15 is 0 Å². The third-order valence-electron chi connectivity index (χ3n) is 6.56. The number of aromatic nitrogens is 3. The molecular weight excluding hydrogens is 408 g/mol. The lowest BCUT2D eigenvalue weighted by molar-refractivity contribution is 0.0658. The van der Waals surface area contributed by atoms with E-state index in [0.29, 0.717) is 23.3 Å². The minimum absolute atomic E-state index is 0.174. The Bertz CT molecular complexity index is 1210. The summed E-state index contributed by atoms with van der Waals surface area (Å²) in [6.07, 6.45) is 5.97. The lowest BCUT2D eigenvalue weighted by Crippen LogP contribution is -2.64. The monoisotopic (exact) mass is 434 g/mol. The molecule has 2 fully saturated rings. The zero-order valence-electron chi connectivity index (χ0n) is 18.2. The number of H-pyrrole nitrogens is 1. The zero-order valence-corrected chi connectivity index (χ0v) is 18.2. The average molecular weight is 435 g/mol. The van der Waals surface area contributed by atoms with Gasteiger partial charge in [-0.2, -0.15) is 0 Å². The highest BCUT2D eigenvalue weighted by atomic mass is 16.5. The summed E-state index contributed by atoms with van der Waals surface area (Å²) in [4.78, 5) is 40.4. The number of rotatable bonds is 5. The quantitative estimate of drug-likeness (QED) is 0.628. The average Bonchev–Trinajstić information content (AvgIpc) is 2.79. The van der Waals surface area contributed by atoms with Gasteiger partial charge in [-0.05, 0) is 36.6 Å². The normalized spacial score (nSPS) is 20.5. The molecule has 3 aromatic rings. The van der Waals surface area contributed by atoms with Gasteiger partial charge in [-0.3, -0.25) is 19.5 Å². The molecule has 3 aromatic heterocycles. The minimum atomic E-state index is -0.248. The molecule has 1 amide bonds. The van der Waals surface area contributed by atoms with Crippen molar-refractivity contribution in [2.24, 2.45) is 0 Å². The van der Waals surface area contributed by atoms with Crippen molar-refractivity contribution >= 4 is 22.6 Å². The van der Waals surface area contributed by atoms with Gasteiger partial charge in [-0.25, -0.2) is 4.98 Å². The van der Waals surface area contributed by atoms with Gasteiger partial charge in [0, 0.05) is 51.0 Å². The molecule has 5 rings (SSSR count). The number of nitrogens with zero attached hydrogens (tertiary/aromatic N) is 4. The lowest BCUT2D eigenvalue weighted by Gasteiger charge is -2.54. The van der Waals surface area contributed by atoms with Crippen LogP contribution in [0, 0.1) is 0 Å². The molecule has 9 nitrogen and oxygen atoms in total. The molecule has 2 aliphatic rings. The van der Waals surface area contributed by atoms with Gasteiger partial charge in [0.25, 0.3) is 11.5 Å². The third kappa shape index (κ3) is 3.58. The highest BCUT2D eigenvalue weighted by Gasteiger charge is 2.42. The van der Waals surface area contributed by atoms with Crippen molar-refractivity contribution in [2.45, 2.75) is 31.5 Å². The Morgan fingerprint density at radius 3 is 2.72 bits per heavy atom. The van der Waals surface area contributed by atoms with Gasteiger partial charge >= 0.3 is 0 Å². The van der Waals surface area contributed by atoms with Crippen molar-refractivity contribution in [1.82, 2.24) is 25.2 Å². The molecule has 1 saturated heterocycles. The minimum Gasteiger partial charge on any atom is -0.491 e. The predicted octanol–water partition coefficient (Wildman–Crippen LogP) is 1.54. The zero-order chi connectivity index (χ0) is 22.2. The molecule has 9 heteroatoms. The molecule has 0 bridgehead atoms. The number of hydrogen-bond acceptors (Lipinski definition) is 7. The Morgan fingerprint density at radius 2 is 2.03 bits per heavy atom. The van der Waals surface area contributed by atoms with Crippen LogP contribution in [0.4, 0.5) is 5.69 Å². The second-order valence-corrected chi connectivity index (χ2v) is 8.30. The maximum absolute atomic E-state index is 12.1. The molecule has 32 heavy (non-hydrogen) atoms. The summed E-state index contributed by atoms with van der Waals surface area (Å²) in [5.74, 6) is 0.0932. The SMILES string of the molecule is CNC(=O)c1ccc(N2CCN(Cc3cnc4cc(OC)c(=O)[nH]c4c3)[C@@H]3CC[C@@H]32)cn1. The van der Waals surface area contributed by atoms with E-state index in [2.05, 4.69) is 30.1 Å². The highest BCUT2D eigenvalue weighted by molar-refractivity contribution is 5.92. The first kappa shape index (κ1) is 20.4. The first-order chi connectivity index (χ1) is 15.6. The molecule has 2 atom stereocenters. The Balaban J connectivity index is 1.30. The van der Waals surface area contributed by atoms with E-state index in [9.17, 15) is 9.59 Å². The molecule has 0 unspecified atom stereocenters. The molecule has 4 heterocycles. The molecular formula is C23H26N6O3. The number of aromatic amines is 1. The summed E-state index contributed by atoms with van der Waals surface area (Å²) in [7, 11) is 3.08. The predicted molar refractivity (Wildman–Crippen MR) is 121 cm³/mol. The van der Waals surface area contributed by atoms with E-state index in [1.165, 1.54) is 7.11 Å². The Morgan fingerprint density at radius 1 is 1.19 bits per heavy atom. The molecule has 0 spiro atoms. The number of piperazine rings is 1. The number of carbonyl (C=O) groups excluding carboxylic acids is 1. The van der Waals surface area contributed by atoms with Crippen molar-refractivity contribution in [3.63, 3.8) is 0 Å². The second-order valence-electron chi connectivity index (χ2n) is 8.30. The molecule has 1 saturated carbocycles. The van der Waals surface area contributed by atoms with Gasteiger partial charge in [0.15, 0.2) is 5.75 Å². The van der Waals surface area contributed by atoms with Crippen molar-refractivity contribution in [1.29, 1.82) is 0 Å². The van der Waals surface area contributed by atoms with E-state index in [1.807, 2.05) is 18.3 Å². The van der Waals surface area contributed by atoms with E-state index in [0.717, 1.165) is 49.2 Å². The molecule has 0 radical (unpaired) electrons. The van der Waals surface area contributed by atoms with Gasteiger partial charge in [0.05, 0.1) is 30.0 Å². The maximum atomic E-state index is 12.1. The second kappa shape index (κ2) is 8.23. The summed E-state index contributed by atoms with van der Waals surface area (Å²) in [6, 6.07) is 8.35. The van der Waals surface area contributed by atoms with Crippen LogP contribution in [0.1, 0.15) is 28.9 Å². The first-order valence-corrected chi connectivity index (χ1v) is 10.8. The fourth-order valence-corrected chi connectivity index (χ4v) is 4.74. The number of hydrogen-bond donors (Lipinski definition) is 2. The van der Waals surface area contributed by atoms with Gasteiger partial charge in [0.1, 0.15) is 5.69 Å². The van der Waals surface area contributed by atoms with E-state index in [4.69, 9.17) is 4.74 Å². The topological polar surface area (TPSA) is 103 Å². The Labute approximate surface area is 185 Å². The van der Waals surface area contributed by atoms with Crippen LogP contribution in [0.5, 0.6) is 5.75 Å². The smallest absolute Gasteiger partial charge is 0.290 e. The van der Waals surface area contributed by atoms with Crippen LogP contribution in [0.2, 0.25) is 0 Å². The highest BCUT2D eigenvalue weighted by Crippen LogP contribution is 2.37. The number of amides is 1. The van der Waals surface area contributed by atoms with Crippen molar-refractivity contribution in [3.05, 3.63) is 58.3 Å². The molecule has 2 N–H and O–H groups in total. The molecule has 0 aromatic carbocycles. The standard InChI is InChI=1S/C23H26N6O3/c1-24-22(30)16-4-3-15(12-26-16)29-8-7-28(19-5-6-20(19)29)13-14-9-18-17(25-11-14)10-21(32-2)23(31)27-18/h3-4,9-12,19-20H,5-8,13H2,1-2H3,(H,24,30)(H,27,31)/t19-,20+/m1/s1. The molecule has 1 aliphatic carbocycles. The summed E-state index contributed by atoms with van der Waals surface area (Å²) < 4.78 is 5.09. The van der Waals surface area contributed by atoms with E-state index in [-0.39, 0.29) is 17.2 Å². The Hall–Kier alpha value is -3.46. The number of anilines is 1. The van der Waals surface area contributed by atoms with Gasteiger partial charge < -0.3 is 19.9 Å². The number of carbonyl (C=O) groups is 1. The van der Waals surface area contributed by atoms with Crippen molar-refractivity contribution < 1.29 is 9.53 Å². The summed E-state index contributed by atoms with van der Waals surface area (Å²) in [6.45, 7) is 2.62.